The van der Waals surface area contributed by atoms with Crippen LogP contribution in [-0.4, -0.2) is 51.0 Å². The van der Waals surface area contributed by atoms with Crippen LogP contribution >= 0.6 is 0 Å². The molecule has 0 saturated carbocycles. The summed E-state index contributed by atoms with van der Waals surface area (Å²) in [6.45, 7) is 1.50. The van der Waals surface area contributed by atoms with Crippen molar-refractivity contribution in [1.82, 2.24) is 5.32 Å². The van der Waals surface area contributed by atoms with Gasteiger partial charge in [-0.3, -0.25) is 0 Å². The van der Waals surface area contributed by atoms with E-state index in [9.17, 15) is 4.79 Å². The number of aliphatic hydroxyl groups is 1. The van der Waals surface area contributed by atoms with Gasteiger partial charge in [0.2, 0.25) is 0 Å². The molecule has 0 aliphatic heterocycles. The molecule has 1 atom stereocenters. The Morgan fingerprint density at radius 3 is 2.43 bits per heavy atom. The monoisotopic (exact) mass is 207 g/mol. The van der Waals surface area contributed by atoms with Crippen LogP contribution in [0.4, 0.5) is 4.79 Å². The predicted molar refractivity (Wildman–Crippen MR) is 48.8 cm³/mol. The number of hydrogen-bond acceptors (Lipinski definition) is 5. The molecule has 0 aromatic rings. The Morgan fingerprint density at radius 1 is 1.43 bits per heavy atom. The molecule has 1 amide bonds. The highest BCUT2D eigenvalue weighted by Gasteiger charge is 2.18. The molecule has 0 saturated heterocycles. The van der Waals surface area contributed by atoms with E-state index in [-0.39, 0.29) is 19.3 Å². The van der Waals surface area contributed by atoms with Crippen molar-refractivity contribution in [2.45, 2.75) is 19.3 Å². The predicted octanol–water partition coefficient (Wildman–Crippen LogP) is -0.288. The summed E-state index contributed by atoms with van der Waals surface area (Å²) in [6, 6.07) is -0.323. The maximum atomic E-state index is 11.0. The number of rotatable bonds is 6. The van der Waals surface area contributed by atoms with E-state index in [4.69, 9.17) is 14.6 Å². The molecule has 0 aliphatic rings. The Hall–Kier alpha value is -0.850. The first-order valence-corrected chi connectivity index (χ1v) is 4.25. The number of methoxy groups -OCH3 is 2. The van der Waals surface area contributed by atoms with Gasteiger partial charge in [-0.05, 0) is 6.92 Å². The second kappa shape index (κ2) is 7.54. The molecule has 14 heavy (non-hydrogen) atoms. The molecule has 1 unspecified atom stereocenters. The lowest BCUT2D eigenvalue weighted by Crippen LogP contribution is -2.43. The molecule has 0 aliphatic carbocycles. The number of nitrogens with one attached hydrogen (secondary N) is 1. The van der Waals surface area contributed by atoms with Gasteiger partial charge >= 0.3 is 6.09 Å². The molecule has 0 radical (unpaired) electrons. The SMILES string of the molecule is COC(OC)C(C)NC(=O)OCCO. The highest BCUT2D eigenvalue weighted by Crippen LogP contribution is 1.98. The molecule has 6 nitrogen and oxygen atoms in total. The van der Waals surface area contributed by atoms with Crippen LogP contribution in [0.25, 0.3) is 0 Å². The topological polar surface area (TPSA) is 77.0 Å². The summed E-state index contributed by atoms with van der Waals surface area (Å²) in [5.41, 5.74) is 0. The van der Waals surface area contributed by atoms with Crippen LogP contribution in [0.15, 0.2) is 0 Å². The third-order valence-corrected chi connectivity index (χ3v) is 1.54. The molecule has 2 N–H and O–H groups in total. The Labute approximate surface area is 83.1 Å². The fraction of sp³-hybridized carbons (Fsp3) is 0.875. The maximum Gasteiger partial charge on any atom is 0.407 e. The van der Waals surface area contributed by atoms with E-state index in [1.54, 1.807) is 6.92 Å². The van der Waals surface area contributed by atoms with Gasteiger partial charge in [-0.1, -0.05) is 0 Å². The number of hydrogen-bond donors (Lipinski definition) is 2. The van der Waals surface area contributed by atoms with E-state index in [0.29, 0.717) is 0 Å². The molecular weight excluding hydrogens is 190 g/mol. The molecule has 0 rings (SSSR count). The first-order valence-electron chi connectivity index (χ1n) is 4.25. The van der Waals surface area contributed by atoms with Crippen LogP contribution < -0.4 is 5.32 Å². The van der Waals surface area contributed by atoms with Gasteiger partial charge in [0.15, 0.2) is 6.29 Å². The molecule has 0 aromatic heterocycles. The highest BCUT2D eigenvalue weighted by molar-refractivity contribution is 5.67. The van der Waals surface area contributed by atoms with Crippen molar-refractivity contribution in [3.63, 3.8) is 0 Å². The Balaban J connectivity index is 3.79. The van der Waals surface area contributed by atoms with Crippen LogP contribution in [0.1, 0.15) is 6.92 Å². The van der Waals surface area contributed by atoms with Gasteiger partial charge in [0.25, 0.3) is 0 Å². The first kappa shape index (κ1) is 13.2. The van der Waals surface area contributed by atoms with Crippen molar-refractivity contribution in [3.05, 3.63) is 0 Å². The second-order valence-electron chi connectivity index (χ2n) is 2.63. The van der Waals surface area contributed by atoms with Crippen molar-refractivity contribution < 1.29 is 24.1 Å². The minimum Gasteiger partial charge on any atom is -0.447 e. The maximum absolute atomic E-state index is 11.0. The van der Waals surface area contributed by atoms with Crippen LogP contribution in [-0.2, 0) is 14.2 Å². The van der Waals surface area contributed by atoms with Gasteiger partial charge < -0.3 is 24.6 Å². The van der Waals surface area contributed by atoms with E-state index in [1.165, 1.54) is 14.2 Å². The first-order chi connectivity index (χ1) is 6.65. The van der Waals surface area contributed by atoms with Crippen molar-refractivity contribution in [1.29, 1.82) is 0 Å². The third kappa shape index (κ3) is 5.00. The summed E-state index contributed by atoms with van der Waals surface area (Å²) in [6.07, 6.45) is -1.12. The quantitative estimate of drug-likeness (QED) is 0.585. The highest BCUT2D eigenvalue weighted by atomic mass is 16.7. The summed E-state index contributed by atoms with van der Waals surface area (Å²) < 4.78 is 14.4. The number of aliphatic hydroxyl groups excluding tert-OH is 1. The number of carbonyl (C=O) groups is 1. The number of alkyl carbamates (subject to hydrolysis) is 1. The lowest BCUT2D eigenvalue weighted by atomic mass is 10.3. The van der Waals surface area contributed by atoms with Crippen LogP contribution in [0, 0.1) is 0 Å². The van der Waals surface area contributed by atoms with Gasteiger partial charge in [-0.2, -0.15) is 0 Å². The van der Waals surface area contributed by atoms with Gasteiger partial charge in [-0.25, -0.2) is 4.79 Å². The van der Waals surface area contributed by atoms with Gasteiger partial charge in [-0.15, -0.1) is 0 Å². The van der Waals surface area contributed by atoms with Crippen molar-refractivity contribution in [3.8, 4) is 0 Å². The molecule has 0 aromatic carbocycles. The van der Waals surface area contributed by atoms with E-state index >= 15 is 0 Å². The fourth-order valence-electron chi connectivity index (χ4n) is 0.938. The van der Waals surface area contributed by atoms with Gasteiger partial charge in [0.05, 0.1) is 12.6 Å². The van der Waals surface area contributed by atoms with Crippen molar-refractivity contribution in [2.75, 3.05) is 27.4 Å². The largest absolute Gasteiger partial charge is 0.447 e. The molecule has 0 spiro atoms. The van der Waals surface area contributed by atoms with Crippen molar-refractivity contribution in [2.24, 2.45) is 0 Å². The molecule has 84 valence electrons. The standard InChI is InChI=1S/C8H17NO5/c1-6(7(12-2)13-3)9-8(11)14-5-4-10/h6-7,10H,4-5H2,1-3H3,(H,9,11). The second-order valence-corrected chi connectivity index (χ2v) is 2.63. The zero-order chi connectivity index (χ0) is 11.0. The smallest absolute Gasteiger partial charge is 0.407 e. The third-order valence-electron chi connectivity index (χ3n) is 1.54. The zero-order valence-electron chi connectivity index (χ0n) is 8.65. The average Bonchev–Trinajstić information content (AvgIpc) is 2.16. The fourth-order valence-corrected chi connectivity index (χ4v) is 0.938. The molecule has 6 heteroatoms. The van der Waals surface area contributed by atoms with Gasteiger partial charge in [0.1, 0.15) is 6.61 Å². The Bertz CT molecular complexity index is 160. The van der Waals surface area contributed by atoms with E-state index in [2.05, 4.69) is 10.1 Å². The minimum absolute atomic E-state index is 0.0246. The summed E-state index contributed by atoms with van der Waals surface area (Å²) in [5.74, 6) is 0. The number of amides is 1. The van der Waals surface area contributed by atoms with Crippen LogP contribution in [0.3, 0.4) is 0 Å². The number of ether oxygens (including phenoxy) is 3. The van der Waals surface area contributed by atoms with E-state index < -0.39 is 12.4 Å². The number of carbonyl (C=O) groups excluding carboxylic acids is 1. The van der Waals surface area contributed by atoms with E-state index in [0.717, 1.165) is 0 Å². The van der Waals surface area contributed by atoms with Crippen LogP contribution in [0.5, 0.6) is 0 Å². The lowest BCUT2D eigenvalue weighted by molar-refractivity contribution is -0.118. The van der Waals surface area contributed by atoms with E-state index in [1.807, 2.05) is 0 Å². The van der Waals surface area contributed by atoms with Gasteiger partial charge in [0, 0.05) is 14.2 Å². The summed E-state index contributed by atoms with van der Waals surface area (Å²) in [7, 11) is 2.96. The minimum atomic E-state index is -0.606. The summed E-state index contributed by atoms with van der Waals surface area (Å²) >= 11 is 0. The summed E-state index contributed by atoms with van der Waals surface area (Å²) in [4.78, 5) is 11.0. The van der Waals surface area contributed by atoms with Crippen molar-refractivity contribution >= 4 is 6.09 Å². The molecule has 0 heterocycles. The lowest BCUT2D eigenvalue weighted by Gasteiger charge is -2.21. The molecule has 0 fully saturated rings. The molecule has 0 bridgehead atoms. The summed E-state index contributed by atoms with van der Waals surface area (Å²) in [5, 5.41) is 10.9. The molecular formula is C8H17NO5. The normalized spacial score (nSPS) is 12.6. The average molecular weight is 207 g/mol. The van der Waals surface area contributed by atoms with Crippen LogP contribution in [0.2, 0.25) is 0 Å². The zero-order valence-corrected chi connectivity index (χ0v) is 8.65. The Morgan fingerprint density at radius 2 is 2.00 bits per heavy atom. The Kier molecular flexibility index (Phi) is 7.09.